The Labute approximate surface area is 201 Å². The normalized spacial score (nSPS) is 15.4. The number of alkyl carbamates (subject to hydrolysis) is 1. The standard InChI is InChI=1S/C20H36N6O4.HI/c1-6-21-18(23-14-17-24-15(2)30-25-17)26-11-8-16(9-12-26)28-13-7-10-22-19(27)29-20(3,4)5;/h16H,6-14H2,1-5H3,(H,21,23)(H,22,27);1H. The molecular weight excluding hydrogens is 515 g/mol. The van der Waals surface area contributed by atoms with Crippen LogP contribution in [0.1, 0.15) is 58.7 Å². The Morgan fingerprint density at radius 2 is 2.00 bits per heavy atom. The largest absolute Gasteiger partial charge is 0.444 e. The number of nitrogens with zero attached hydrogens (tertiary/aromatic N) is 4. The molecule has 1 fully saturated rings. The third-order valence-electron chi connectivity index (χ3n) is 4.36. The van der Waals surface area contributed by atoms with Crippen LogP contribution in [0, 0.1) is 6.92 Å². The van der Waals surface area contributed by atoms with E-state index in [0.29, 0.717) is 31.4 Å². The van der Waals surface area contributed by atoms with Gasteiger partial charge in [0.2, 0.25) is 5.89 Å². The predicted octanol–water partition coefficient (Wildman–Crippen LogP) is 2.86. The van der Waals surface area contributed by atoms with Gasteiger partial charge in [-0.25, -0.2) is 9.79 Å². The lowest BCUT2D eigenvalue weighted by atomic mass is 10.1. The molecule has 10 nitrogen and oxygen atoms in total. The average molecular weight is 552 g/mol. The molecule has 178 valence electrons. The molecule has 0 unspecified atom stereocenters. The topological polar surface area (TPSA) is 114 Å². The van der Waals surface area contributed by atoms with Gasteiger partial charge in [0.05, 0.1) is 6.10 Å². The van der Waals surface area contributed by atoms with E-state index in [1.54, 1.807) is 6.92 Å². The average Bonchev–Trinajstić information content (AvgIpc) is 3.09. The minimum Gasteiger partial charge on any atom is -0.444 e. The Balaban J connectivity index is 0.00000480. The van der Waals surface area contributed by atoms with Crippen LogP contribution in [0.25, 0.3) is 0 Å². The highest BCUT2D eigenvalue weighted by molar-refractivity contribution is 14.0. The summed E-state index contributed by atoms with van der Waals surface area (Å²) in [4.78, 5) is 22.7. The van der Waals surface area contributed by atoms with Crippen LogP contribution >= 0.6 is 24.0 Å². The van der Waals surface area contributed by atoms with Crippen LogP contribution in [-0.2, 0) is 16.0 Å². The lowest BCUT2D eigenvalue weighted by Gasteiger charge is -2.34. The second kappa shape index (κ2) is 13.7. The molecule has 11 heteroatoms. The molecule has 1 aromatic heterocycles. The zero-order valence-corrected chi connectivity index (χ0v) is 21.6. The van der Waals surface area contributed by atoms with Crippen LogP contribution < -0.4 is 10.6 Å². The molecule has 0 saturated carbocycles. The van der Waals surface area contributed by atoms with Crippen molar-refractivity contribution in [2.24, 2.45) is 4.99 Å². The van der Waals surface area contributed by atoms with Gasteiger partial charge < -0.3 is 29.5 Å². The summed E-state index contributed by atoms with van der Waals surface area (Å²) >= 11 is 0. The number of aryl methyl sites for hydroxylation is 1. The molecule has 1 aliphatic heterocycles. The number of amides is 1. The summed E-state index contributed by atoms with van der Waals surface area (Å²) < 4.78 is 16.2. The number of guanidine groups is 1. The van der Waals surface area contributed by atoms with Gasteiger partial charge >= 0.3 is 6.09 Å². The fraction of sp³-hybridized carbons (Fsp3) is 0.800. The number of hydrogen-bond acceptors (Lipinski definition) is 7. The Kier molecular flexibility index (Phi) is 12.1. The lowest BCUT2D eigenvalue weighted by molar-refractivity contribution is 0.0170. The summed E-state index contributed by atoms with van der Waals surface area (Å²) in [6, 6.07) is 0. The lowest BCUT2D eigenvalue weighted by Crippen LogP contribution is -2.47. The molecule has 0 atom stereocenters. The molecule has 0 bridgehead atoms. The number of hydrogen-bond donors (Lipinski definition) is 2. The summed E-state index contributed by atoms with van der Waals surface area (Å²) in [6.07, 6.45) is 2.47. The number of ether oxygens (including phenoxy) is 2. The number of aromatic nitrogens is 2. The van der Waals surface area contributed by atoms with Crippen molar-refractivity contribution >= 4 is 36.0 Å². The third-order valence-corrected chi connectivity index (χ3v) is 4.36. The SMILES string of the molecule is CCNC(=NCc1noc(C)n1)N1CCC(OCCCNC(=O)OC(C)(C)C)CC1.I. The van der Waals surface area contributed by atoms with Crippen molar-refractivity contribution in [3.63, 3.8) is 0 Å². The summed E-state index contributed by atoms with van der Waals surface area (Å²) in [5.41, 5.74) is -0.478. The van der Waals surface area contributed by atoms with Gasteiger partial charge in [-0.15, -0.1) is 24.0 Å². The number of aliphatic imine (C=N–C) groups is 1. The van der Waals surface area contributed by atoms with Crippen LogP contribution in [0.15, 0.2) is 9.52 Å². The maximum absolute atomic E-state index is 11.6. The second-order valence-electron chi connectivity index (χ2n) is 8.24. The molecule has 1 amide bonds. The zero-order valence-electron chi connectivity index (χ0n) is 19.3. The monoisotopic (exact) mass is 552 g/mol. The van der Waals surface area contributed by atoms with E-state index in [0.717, 1.165) is 44.9 Å². The highest BCUT2D eigenvalue weighted by Gasteiger charge is 2.22. The number of likely N-dealkylation sites (tertiary alicyclic amines) is 1. The van der Waals surface area contributed by atoms with Gasteiger partial charge in [0.15, 0.2) is 11.8 Å². The first-order valence-corrected chi connectivity index (χ1v) is 10.7. The van der Waals surface area contributed by atoms with E-state index < -0.39 is 5.60 Å². The third kappa shape index (κ3) is 11.0. The Morgan fingerprint density at radius 3 is 2.58 bits per heavy atom. The molecule has 1 saturated heterocycles. The van der Waals surface area contributed by atoms with E-state index in [1.807, 2.05) is 20.8 Å². The second-order valence-corrected chi connectivity index (χ2v) is 8.24. The van der Waals surface area contributed by atoms with E-state index in [1.165, 1.54) is 0 Å². The Hall–Kier alpha value is -1.63. The van der Waals surface area contributed by atoms with Crippen molar-refractivity contribution in [2.45, 2.75) is 72.1 Å². The molecule has 2 heterocycles. The molecule has 1 aromatic rings. The highest BCUT2D eigenvalue weighted by Crippen LogP contribution is 2.14. The molecule has 2 rings (SSSR count). The first-order valence-electron chi connectivity index (χ1n) is 10.7. The van der Waals surface area contributed by atoms with Crippen LogP contribution in [0.4, 0.5) is 4.79 Å². The van der Waals surface area contributed by atoms with E-state index in [4.69, 9.17) is 14.0 Å². The number of halogens is 1. The van der Waals surface area contributed by atoms with E-state index in [2.05, 4.69) is 37.6 Å². The van der Waals surface area contributed by atoms with E-state index in [9.17, 15) is 4.79 Å². The number of rotatable bonds is 8. The number of carbonyl (C=O) groups is 1. The van der Waals surface area contributed by atoms with Gasteiger partial charge in [-0.05, 0) is 47.0 Å². The minimum absolute atomic E-state index is 0. The summed E-state index contributed by atoms with van der Waals surface area (Å²) in [7, 11) is 0. The molecule has 1 aliphatic rings. The minimum atomic E-state index is -0.478. The molecule has 0 spiro atoms. The van der Waals surface area contributed by atoms with Crippen LogP contribution in [0.2, 0.25) is 0 Å². The van der Waals surface area contributed by atoms with E-state index >= 15 is 0 Å². The molecule has 0 aliphatic carbocycles. The highest BCUT2D eigenvalue weighted by atomic mass is 127. The summed E-state index contributed by atoms with van der Waals surface area (Å²) in [6.45, 7) is 13.5. The first-order chi connectivity index (χ1) is 14.3. The molecule has 0 radical (unpaired) electrons. The Morgan fingerprint density at radius 1 is 1.29 bits per heavy atom. The smallest absolute Gasteiger partial charge is 0.407 e. The fourth-order valence-electron chi connectivity index (χ4n) is 3.04. The van der Waals surface area contributed by atoms with Crippen LogP contribution in [0.5, 0.6) is 0 Å². The number of piperidine rings is 1. The number of carbonyl (C=O) groups excluding carboxylic acids is 1. The van der Waals surface area contributed by atoms with E-state index in [-0.39, 0.29) is 36.2 Å². The zero-order chi connectivity index (χ0) is 22.0. The van der Waals surface area contributed by atoms with Crippen molar-refractivity contribution in [2.75, 3.05) is 32.8 Å². The van der Waals surface area contributed by atoms with Crippen molar-refractivity contribution in [1.29, 1.82) is 0 Å². The molecule has 0 aromatic carbocycles. The van der Waals surface area contributed by atoms with Crippen molar-refractivity contribution in [3.05, 3.63) is 11.7 Å². The van der Waals surface area contributed by atoms with Crippen LogP contribution in [-0.4, -0.2) is 71.6 Å². The van der Waals surface area contributed by atoms with Crippen molar-refractivity contribution in [3.8, 4) is 0 Å². The van der Waals surface area contributed by atoms with Crippen molar-refractivity contribution < 1.29 is 18.8 Å². The van der Waals surface area contributed by atoms with Gasteiger partial charge in [-0.3, -0.25) is 0 Å². The molecule has 2 N–H and O–H groups in total. The molecule has 31 heavy (non-hydrogen) atoms. The number of nitrogens with one attached hydrogen (secondary N) is 2. The van der Waals surface area contributed by atoms with Gasteiger partial charge in [0.1, 0.15) is 12.1 Å². The fourth-order valence-corrected chi connectivity index (χ4v) is 3.04. The van der Waals surface area contributed by atoms with Crippen molar-refractivity contribution in [1.82, 2.24) is 25.7 Å². The van der Waals surface area contributed by atoms with Crippen LogP contribution in [0.3, 0.4) is 0 Å². The maximum atomic E-state index is 11.6. The Bertz CT molecular complexity index is 683. The predicted molar refractivity (Wildman–Crippen MR) is 129 cm³/mol. The van der Waals surface area contributed by atoms with Gasteiger partial charge in [0, 0.05) is 39.7 Å². The summed E-state index contributed by atoms with van der Waals surface area (Å²) in [5.74, 6) is 1.99. The summed E-state index contributed by atoms with van der Waals surface area (Å²) in [5, 5.41) is 9.97. The molecular formula is C20H37IN6O4. The van der Waals surface area contributed by atoms with Gasteiger partial charge in [-0.2, -0.15) is 4.98 Å². The quantitative estimate of drug-likeness (QED) is 0.219. The first kappa shape index (κ1) is 27.4. The maximum Gasteiger partial charge on any atom is 0.407 e. The van der Waals surface area contributed by atoms with Gasteiger partial charge in [-0.1, -0.05) is 5.16 Å². The van der Waals surface area contributed by atoms with Gasteiger partial charge in [0.25, 0.3) is 0 Å².